The van der Waals surface area contributed by atoms with E-state index in [0.29, 0.717) is 0 Å². The summed E-state index contributed by atoms with van der Waals surface area (Å²) in [5, 5.41) is 0. The molecule has 0 aromatic heterocycles. The Labute approximate surface area is 336 Å². The van der Waals surface area contributed by atoms with Gasteiger partial charge in [-0.15, -0.1) is 0 Å². The van der Waals surface area contributed by atoms with Gasteiger partial charge in [-0.1, -0.05) is 200 Å². The van der Waals surface area contributed by atoms with Crippen molar-refractivity contribution in [3.05, 3.63) is 252 Å². The third kappa shape index (κ3) is 5.93. The van der Waals surface area contributed by atoms with Crippen molar-refractivity contribution in [2.24, 2.45) is 0 Å². The summed E-state index contributed by atoms with van der Waals surface area (Å²) < 4.78 is 0. The van der Waals surface area contributed by atoms with Crippen molar-refractivity contribution in [2.45, 2.75) is 19.3 Å². The van der Waals surface area contributed by atoms with E-state index in [2.05, 4.69) is 232 Å². The lowest BCUT2D eigenvalue weighted by Crippen LogP contribution is -2.28. The van der Waals surface area contributed by atoms with Crippen molar-refractivity contribution in [2.75, 3.05) is 0 Å². The zero-order valence-electron chi connectivity index (χ0n) is 32.3. The lowest BCUT2D eigenvalue weighted by molar-refractivity contribution is 0.769. The molecule has 0 atom stereocenters. The molecule has 270 valence electrons. The predicted octanol–water partition coefficient (Wildman–Crippen LogP) is 15.0. The molecular formula is C57H42. The summed E-state index contributed by atoms with van der Waals surface area (Å²) in [4.78, 5) is 0. The molecule has 0 bridgehead atoms. The van der Waals surface area contributed by atoms with Crippen molar-refractivity contribution in [1.29, 1.82) is 0 Å². The quantitative estimate of drug-likeness (QED) is 0.153. The SMILES string of the molecule is Cc1ccc2c(c1)-c1c(-c3ccccc3C)cccc1C2(c1cccc(-c2cccc(-c3ccccc3)c2)c1)c1cccc(-c2cccc(-c3ccccc3)c2)c1. The maximum atomic E-state index is 2.45. The maximum absolute atomic E-state index is 2.45. The molecule has 1 aliphatic rings. The fourth-order valence-corrected chi connectivity index (χ4v) is 9.26. The van der Waals surface area contributed by atoms with Gasteiger partial charge in [0.05, 0.1) is 5.41 Å². The first-order chi connectivity index (χ1) is 28.1. The molecule has 10 rings (SSSR count). The van der Waals surface area contributed by atoms with Crippen LogP contribution in [0.1, 0.15) is 33.4 Å². The van der Waals surface area contributed by atoms with Gasteiger partial charge in [0.15, 0.2) is 0 Å². The van der Waals surface area contributed by atoms with E-state index < -0.39 is 5.41 Å². The van der Waals surface area contributed by atoms with Crippen LogP contribution in [0.4, 0.5) is 0 Å². The topological polar surface area (TPSA) is 0 Å². The monoisotopic (exact) mass is 726 g/mol. The van der Waals surface area contributed by atoms with E-state index in [1.807, 2.05) is 0 Å². The first-order valence-corrected chi connectivity index (χ1v) is 19.9. The second-order valence-electron chi connectivity index (χ2n) is 15.4. The molecule has 0 amide bonds. The Hall–Kier alpha value is -7.02. The number of aryl methyl sites for hydroxylation is 2. The summed E-state index contributed by atoms with van der Waals surface area (Å²) in [6.45, 7) is 4.45. The van der Waals surface area contributed by atoms with E-state index in [-0.39, 0.29) is 0 Å². The highest BCUT2D eigenvalue weighted by atomic mass is 14.5. The van der Waals surface area contributed by atoms with Crippen LogP contribution >= 0.6 is 0 Å². The Morgan fingerprint density at radius 1 is 0.281 bits per heavy atom. The summed E-state index contributed by atoms with van der Waals surface area (Å²) in [7, 11) is 0. The predicted molar refractivity (Wildman–Crippen MR) is 240 cm³/mol. The van der Waals surface area contributed by atoms with Crippen LogP contribution in [0.15, 0.2) is 218 Å². The standard InChI is InChI=1S/C57H42/c1-39-32-33-54-53(34-39)56-52(51-29-10-9-16-40(51)2)30-15-31-55(56)57(54,49-27-13-25-47(37-49)45-23-11-21-43(35-45)41-17-5-3-6-18-41)50-28-14-26-48(38-50)46-24-12-22-44(36-46)42-19-7-4-8-20-42/h3-38H,1-2H3. The van der Waals surface area contributed by atoms with Crippen molar-refractivity contribution in [3.63, 3.8) is 0 Å². The van der Waals surface area contributed by atoms with E-state index in [4.69, 9.17) is 0 Å². The number of benzene rings is 9. The molecule has 0 saturated heterocycles. The maximum Gasteiger partial charge on any atom is 0.0714 e. The van der Waals surface area contributed by atoms with Gasteiger partial charge in [0, 0.05) is 0 Å². The molecule has 0 aliphatic heterocycles. The Morgan fingerprint density at radius 3 is 1.28 bits per heavy atom. The molecule has 0 saturated carbocycles. The van der Waals surface area contributed by atoms with Crippen LogP contribution < -0.4 is 0 Å². The summed E-state index contributed by atoms with van der Waals surface area (Å²) in [6, 6.07) is 80.9. The normalized spacial score (nSPS) is 12.5. The van der Waals surface area contributed by atoms with Gasteiger partial charge >= 0.3 is 0 Å². The molecule has 57 heavy (non-hydrogen) atoms. The zero-order valence-corrected chi connectivity index (χ0v) is 32.3. The van der Waals surface area contributed by atoms with Gasteiger partial charge in [-0.25, -0.2) is 0 Å². The molecule has 0 spiro atoms. The summed E-state index contributed by atoms with van der Waals surface area (Å²) in [5.41, 5.74) is 21.9. The molecule has 9 aromatic rings. The smallest absolute Gasteiger partial charge is 0.0622 e. The first-order valence-electron chi connectivity index (χ1n) is 19.9. The largest absolute Gasteiger partial charge is 0.0714 e. The van der Waals surface area contributed by atoms with Gasteiger partial charge in [0.2, 0.25) is 0 Å². The van der Waals surface area contributed by atoms with Crippen LogP contribution in [0.5, 0.6) is 0 Å². The van der Waals surface area contributed by atoms with Crippen LogP contribution in [-0.2, 0) is 5.41 Å². The van der Waals surface area contributed by atoms with E-state index in [1.54, 1.807) is 0 Å². The lowest BCUT2D eigenvalue weighted by atomic mass is 9.66. The number of fused-ring (bicyclic) bond motifs is 3. The molecular weight excluding hydrogens is 685 g/mol. The Bertz CT molecular complexity index is 2790. The second-order valence-corrected chi connectivity index (χ2v) is 15.4. The summed E-state index contributed by atoms with van der Waals surface area (Å²) in [6.07, 6.45) is 0. The van der Waals surface area contributed by atoms with E-state index in [1.165, 1.54) is 100 Å². The van der Waals surface area contributed by atoms with Crippen LogP contribution in [0.3, 0.4) is 0 Å². The highest BCUT2D eigenvalue weighted by Crippen LogP contribution is 2.59. The van der Waals surface area contributed by atoms with Crippen LogP contribution in [0.25, 0.3) is 66.8 Å². The third-order valence-corrected chi connectivity index (χ3v) is 11.9. The van der Waals surface area contributed by atoms with Crippen molar-refractivity contribution < 1.29 is 0 Å². The van der Waals surface area contributed by atoms with Crippen molar-refractivity contribution in [1.82, 2.24) is 0 Å². The molecule has 0 heteroatoms. The van der Waals surface area contributed by atoms with Crippen LogP contribution in [0.2, 0.25) is 0 Å². The summed E-state index contributed by atoms with van der Waals surface area (Å²) in [5.74, 6) is 0. The van der Waals surface area contributed by atoms with Gasteiger partial charge in [0.1, 0.15) is 0 Å². The number of hydrogen-bond acceptors (Lipinski definition) is 0. The van der Waals surface area contributed by atoms with Crippen LogP contribution in [-0.4, -0.2) is 0 Å². The minimum Gasteiger partial charge on any atom is -0.0622 e. The average molecular weight is 727 g/mol. The van der Waals surface area contributed by atoms with Gasteiger partial charge in [-0.3, -0.25) is 0 Å². The van der Waals surface area contributed by atoms with E-state index in [9.17, 15) is 0 Å². The third-order valence-electron chi connectivity index (χ3n) is 11.9. The molecule has 0 fully saturated rings. The highest BCUT2D eigenvalue weighted by Gasteiger charge is 2.47. The number of rotatable bonds is 7. The lowest BCUT2D eigenvalue weighted by Gasteiger charge is -2.35. The average Bonchev–Trinajstić information content (AvgIpc) is 3.58. The molecule has 1 aliphatic carbocycles. The van der Waals surface area contributed by atoms with Gasteiger partial charge in [0.25, 0.3) is 0 Å². The molecule has 0 N–H and O–H groups in total. The van der Waals surface area contributed by atoms with Gasteiger partial charge in [-0.05, 0) is 133 Å². The molecule has 0 unspecified atom stereocenters. The Morgan fingerprint density at radius 2 is 0.719 bits per heavy atom. The summed E-state index contributed by atoms with van der Waals surface area (Å²) >= 11 is 0. The van der Waals surface area contributed by atoms with E-state index >= 15 is 0 Å². The Balaban J connectivity index is 1.24. The second kappa shape index (κ2) is 14.2. The molecule has 0 nitrogen and oxygen atoms in total. The minimum absolute atomic E-state index is 0.586. The molecule has 0 heterocycles. The van der Waals surface area contributed by atoms with Crippen LogP contribution in [0, 0.1) is 13.8 Å². The minimum atomic E-state index is -0.586. The first kappa shape index (κ1) is 34.5. The van der Waals surface area contributed by atoms with Gasteiger partial charge < -0.3 is 0 Å². The van der Waals surface area contributed by atoms with E-state index in [0.717, 1.165) is 0 Å². The van der Waals surface area contributed by atoms with Crippen molar-refractivity contribution in [3.8, 4) is 66.8 Å². The number of hydrogen-bond donors (Lipinski definition) is 0. The zero-order chi connectivity index (χ0) is 38.3. The van der Waals surface area contributed by atoms with Crippen molar-refractivity contribution >= 4 is 0 Å². The molecule has 0 radical (unpaired) electrons. The Kier molecular flexibility index (Phi) is 8.61. The van der Waals surface area contributed by atoms with Gasteiger partial charge in [-0.2, -0.15) is 0 Å². The fraction of sp³-hybridized carbons (Fsp3) is 0.0526. The highest BCUT2D eigenvalue weighted by molar-refractivity contribution is 5.96. The fourth-order valence-electron chi connectivity index (χ4n) is 9.26. The molecule has 9 aromatic carbocycles.